The third-order valence-corrected chi connectivity index (χ3v) is 7.14. The van der Waals surface area contributed by atoms with Crippen molar-refractivity contribution in [3.05, 3.63) is 95.6 Å². The molecule has 0 unspecified atom stereocenters. The number of aromatic nitrogens is 2. The molecule has 1 fully saturated rings. The van der Waals surface area contributed by atoms with Crippen molar-refractivity contribution in [1.82, 2.24) is 14.9 Å². The van der Waals surface area contributed by atoms with Gasteiger partial charge in [0, 0.05) is 30.1 Å². The van der Waals surface area contributed by atoms with Crippen LogP contribution in [0.15, 0.2) is 73.2 Å². The minimum absolute atomic E-state index is 0.0542. The molecule has 3 atom stereocenters. The maximum atomic E-state index is 14.3. The molecule has 0 saturated carbocycles. The quantitative estimate of drug-likeness (QED) is 0.462. The monoisotopic (exact) mass is 485 g/mol. The molecule has 36 heavy (non-hydrogen) atoms. The van der Waals surface area contributed by atoms with Gasteiger partial charge in [0.05, 0.1) is 11.7 Å². The van der Waals surface area contributed by atoms with Crippen LogP contribution >= 0.6 is 0 Å². The maximum absolute atomic E-state index is 14.3. The molecule has 1 saturated heterocycles. The van der Waals surface area contributed by atoms with Crippen molar-refractivity contribution in [1.29, 1.82) is 0 Å². The van der Waals surface area contributed by atoms with Crippen molar-refractivity contribution in [3.63, 3.8) is 0 Å². The number of carbonyl (C=O) groups is 2. The van der Waals surface area contributed by atoms with Crippen molar-refractivity contribution in [3.8, 4) is 0 Å². The molecule has 4 rings (SSSR count). The van der Waals surface area contributed by atoms with E-state index in [0.29, 0.717) is 17.7 Å². The van der Waals surface area contributed by atoms with Crippen molar-refractivity contribution in [2.75, 3.05) is 0 Å². The Bertz CT molecular complexity index is 1200. The van der Waals surface area contributed by atoms with Gasteiger partial charge in [-0.05, 0) is 47.4 Å². The van der Waals surface area contributed by atoms with E-state index < -0.39 is 17.6 Å². The normalized spacial score (nSPS) is 22.1. The fourth-order valence-corrected chi connectivity index (χ4v) is 5.53. The molecule has 0 radical (unpaired) electrons. The molecule has 1 aromatic heterocycles. The molecule has 6 nitrogen and oxygen atoms in total. The SMILES string of the molecule is CC(C)C[C@@]1(C(=O)O)C[C@H](c2cnccn2)[C@H](c2ccccc2)N1C(=O)c1ccc(C(C)(C)C)cc1. The van der Waals surface area contributed by atoms with Crippen LogP contribution in [0, 0.1) is 5.92 Å². The number of benzene rings is 2. The van der Waals surface area contributed by atoms with Crippen LogP contribution in [0.25, 0.3) is 0 Å². The first-order chi connectivity index (χ1) is 17.0. The number of nitrogens with zero attached hydrogens (tertiary/aromatic N) is 3. The topological polar surface area (TPSA) is 83.4 Å². The molecule has 0 spiro atoms. The van der Waals surface area contributed by atoms with E-state index in [1.54, 1.807) is 23.5 Å². The third kappa shape index (κ3) is 4.77. The fourth-order valence-electron chi connectivity index (χ4n) is 5.53. The molecule has 0 aliphatic carbocycles. The lowest BCUT2D eigenvalue weighted by atomic mass is 9.82. The Kier molecular flexibility index (Phi) is 6.98. The average molecular weight is 486 g/mol. The number of amides is 1. The number of carboxylic acids is 1. The first-order valence-corrected chi connectivity index (χ1v) is 12.5. The Morgan fingerprint density at radius 1 is 1.06 bits per heavy atom. The van der Waals surface area contributed by atoms with Crippen molar-refractivity contribution < 1.29 is 14.7 Å². The van der Waals surface area contributed by atoms with Crippen LogP contribution in [0.2, 0.25) is 0 Å². The Morgan fingerprint density at radius 3 is 2.25 bits per heavy atom. The maximum Gasteiger partial charge on any atom is 0.329 e. The van der Waals surface area contributed by atoms with Crippen LogP contribution in [0.3, 0.4) is 0 Å². The lowest BCUT2D eigenvalue weighted by Crippen LogP contribution is -2.54. The fraction of sp³-hybridized carbons (Fsp3) is 0.400. The van der Waals surface area contributed by atoms with E-state index in [0.717, 1.165) is 11.1 Å². The molecule has 188 valence electrons. The van der Waals surface area contributed by atoms with E-state index in [1.807, 2.05) is 68.4 Å². The van der Waals surface area contributed by atoms with Crippen LogP contribution in [0.1, 0.15) is 86.6 Å². The van der Waals surface area contributed by atoms with Crippen LogP contribution in [-0.4, -0.2) is 37.4 Å². The molecule has 0 bridgehead atoms. The van der Waals surface area contributed by atoms with Gasteiger partial charge in [0.2, 0.25) is 0 Å². The van der Waals surface area contributed by atoms with Gasteiger partial charge in [0.15, 0.2) is 0 Å². The summed E-state index contributed by atoms with van der Waals surface area (Å²) < 4.78 is 0. The summed E-state index contributed by atoms with van der Waals surface area (Å²) in [6, 6.07) is 16.8. The lowest BCUT2D eigenvalue weighted by molar-refractivity contribution is -0.150. The number of carboxylic acid groups (broad SMARTS) is 1. The number of likely N-dealkylation sites (tertiary alicyclic amines) is 1. The first-order valence-electron chi connectivity index (χ1n) is 12.5. The van der Waals surface area contributed by atoms with Gasteiger partial charge >= 0.3 is 5.97 Å². The summed E-state index contributed by atoms with van der Waals surface area (Å²) in [6.45, 7) is 10.4. The molecule has 3 aromatic rings. The second kappa shape index (κ2) is 9.84. The minimum Gasteiger partial charge on any atom is -0.479 e. The Balaban J connectivity index is 1.91. The highest BCUT2D eigenvalue weighted by Gasteiger charge is 2.59. The highest BCUT2D eigenvalue weighted by atomic mass is 16.4. The predicted molar refractivity (Wildman–Crippen MR) is 140 cm³/mol. The molecule has 1 aliphatic rings. The highest BCUT2D eigenvalue weighted by molar-refractivity contribution is 5.99. The van der Waals surface area contributed by atoms with Gasteiger partial charge in [0.1, 0.15) is 5.54 Å². The Morgan fingerprint density at radius 2 is 1.72 bits per heavy atom. The van der Waals surface area contributed by atoms with E-state index >= 15 is 0 Å². The molecule has 6 heteroatoms. The molecule has 1 N–H and O–H groups in total. The predicted octanol–water partition coefficient (Wildman–Crippen LogP) is 6.01. The highest BCUT2D eigenvalue weighted by Crippen LogP contribution is 2.54. The van der Waals surface area contributed by atoms with Gasteiger partial charge < -0.3 is 10.0 Å². The molecular weight excluding hydrogens is 450 g/mol. The van der Waals surface area contributed by atoms with E-state index in [1.165, 1.54) is 0 Å². The minimum atomic E-state index is -1.38. The third-order valence-electron chi connectivity index (χ3n) is 7.14. The Labute approximate surface area is 213 Å². The second-order valence-corrected chi connectivity index (χ2v) is 11.2. The number of hydrogen-bond donors (Lipinski definition) is 1. The zero-order valence-electron chi connectivity index (χ0n) is 21.7. The molecule has 2 heterocycles. The van der Waals surface area contributed by atoms with Crippen molar-refractivity contribution in [2.45, 2.75) is 70.4 Å². The number of rotatable bonds is 6. The van der Waals surface area contributed by atoms with Gasteiger partial charge in [-0.1, -0.05) is 77.1 Å². The molecular formula is C30H35N3O3. The zero-order chi connectivity index (χ0) is 26.1. The first kappa shape index (κ1) is 25.5. The van der Waals surface area contributed by atoms with Gasteiger partial charge in [-0.2, -0.15) is 0 Å². The van der Waals surface area contributed by atoms with Gasteiger partial charge in [-0.3, -0.25) is 14.8 Å². The standard InChI is InChI=1S/C30H35N3O3/c1-20(2)17-30(28(35)36)18-24(25-19-31-15-16-32-25)26(21-9-7-6-8-10-21)33(30)27(34)22-11-13-23(14-12-22)29(3,4)5/h6-16,19-20,24,26H,17-18H2,1-5H3,(H,35,36)/t24-,26+,30+/m1/s1. The van der Waals surface area contributed by atoms with Gasteiger partial charge in [-0.15, -0.1) is 0 Å². The summed E-state index contributed by atoms with van der Waals surface area (Å²) in [6.07, 6.45) is 5.53. The van der Waals surface area contributed by atoms with Crippen LogP contribution in [-0.2, 0) is 10.2 Å². The smallest absolute Gasteiger partial charge is 0.329 e. The number of aliphatic carboxylic acids is 1. The number of hydrogen-bond acceptors (Lipinski definition) is 4. The van der Waals surface area contributed by atoms with Gasteiger partial charge in [-0.25, -0.2) is 4.79 Å². The van der Waals surface area contributed by atoms with Crippen LogP contribution < -0.4 is 0 Å². The molecule has 2 aromatic carbocycles. The summed E-state index contributed by atoms with van der Waals surface area (Å²) in [7, 11) is 0. The van der Waals surface area contributed by atoms with Gasteiger partial charge in [0.25, 0.3) is 5.91 Å². The van der Waals surface area contributed by atoms with E-state index in [9.17, 15) is 14.7 Å². The summed E-state index contributed by atoms with van der Waals surface area (Å²) in [5.41, 5.74) is 1.75. The molecule has 1 aliphatic heterocycles. The van der Waals surface area contributed by atoms with Crippen LogP contribution in [0.4, 0.5) is 0 Å². The number of carbonyl (C=O) groups excluding carboxylic acids is 1. The summed E-state index contributed by atoms with van der Waals surface area (Å²) in [5.74, 6) is -1.51. The van der Waals surface area contributed by atoms with E-state index in [-0.39, 0.29) is 29.6 Å². The van der Waals surface area contributed by atoms with E-state index in [4.69, 9.17) is 0 Å². The van der Waals surface area contributed by atoms with Crippen molar-refractivity contribution >= 4 is 11.9 Å². The van der Waals surface area contributed by atoms with Crippen molar-refractivity contribution in [2.24, 2.45) is 5.92 Å². The summed E-state index contributed by atoms with van der Waals surface area (Å²) in [5, 5.41) is 10.7. The summed E-state index contributed by atoms with van der Waals surface area (Å²) >= 11 is 0. The average Bonchev–Trinajstić information content (AvgIpc) is 3.20. The zero-order valence-corrected chi connectivity index (χ0v) is 21.7. The second-order valence-electron chi connectivity index (χ2n) is 11.2. The Hall–Kier alpha value is -3.54. The lowest BCUT2D eigenvalue weighted by Gasteiger charge is -2.39. The van der Waals surface area contributed by atoms with Crippen LogP contribution in [0.5, 0.6) is 0 Å². The largest absolute Gasteiger partial charge is 0.479 e. The molecule has 1 amide bonds. The summed E-state index contributed by atoms with van der Waals surface area (Å²) in [4.78, 5) is 37.9. The van der Waals surface area contributed by atoms with E-state index in [2.05, 4.69) is 30.7 Å².